The molecule has 1 aromatic rings. The highest BCUT2D eigenvalue weighted by Crippen LogP contribution is 2.30. The van der Waals surface area contributed by atoms with Crippen molar-refractivity contribution in [2.45, 2.75) is 31.3 Å². The first-order chi connectivity index (χ1) is 11.5. The van der Waals surface area contributed by atoms with E-state index in [-0.39, 0.29) is 17.8 Å². The molecule has 2 heterocycles. The maximum Gasteiger partial charge on any atom is 0.316 e. The van der Waals surface area contributed by atoms with Gasteiger partial charge in [0.15, 0.2) is 0 Å². The molecule has 0 aliphatic carbocycles. The second kappa shape index (κ2) is 8.05. The van der Waals surface area contributed by atoms with Gasteiger partial charge in [-0.05, 0) is 19.3 Å². The van der Waals surface area contributed by atoms with Gasteiger partial charge in [0, 0.05) is 46.1 Å². The van der Waals surface area contributed by atoms with E-state index in [2.05, 4.69) is 15.3 Å². The molecule has 1 N–H and O–H groups in total. The molecule has 2 amide bonds. The Balaban J connectivity index is 2.06. The summed E-state index contributed by atoms with van der Waals surface area (Å²) in [4.78, 5) is 33.9. The fourth-order valence-electron chi connectivity index (χ4n) is 2.93. The van der Waals surface area contributed by atoms with E-state index >= 15 is 0 Å². The number of carbonyl (C=O) groups is 2. The molecule has 1 aromatic heterocycles. The van der Waals surface area contributed by atoms with E-state index in [1.54, 1.807) is 19.1 Å². The van der Waals surface area contributed by atoms with Crippen LogP contribution in [0.1, 0.15) is 36.0 Å². The van der Waals surface area contributed by atoms with E-state index in [0.717, 1.165) is 12.8 Å². The number of methoxy groups -OCH3 is 2. The third-order valence-corrected chi connectivity index (χ3v) is 4.40. The lowest BCUT2D eigenvalue weighted by Crippen LogP contribution is -2.51. The summed E-state index contributed by atoms with van der Waals surface area (Å²) in [5, 5.41) is 2.61. The van der Waals surface area contributed by atoms with Gasteiger partial charge in [0.2, 0.25) is 5.91 Å². The average molecular weight is 336 g/mol. The van der Waals surface area contributed by atoms with Crippen LogP contribution in [0.4, 0.5) is 0 Å². The zero-order valence-corrected chi connectivity index (χ0v) is 14.4. The van der Waals surface area contributed by atoms with Crippen LogP contribution in [-0.2, 0) is 9.53 Å². The van der Waals surface area contributed by atoms with E-state index in [4.69, 9.17) is 9.47 Å². The molecular formula is C16H24N4O4. The summed E-state index contributed by atoms with van der Waals surface area (Å²) in [5.74, 6) is -0.169. The Labute approximate surface area is 141 Å². The van der Waals surface area contributed by atoms with Gasteiger partial charge in [-0.15, -0.1) is 0 Å². The van der Waals surface area contributed by atoms with Crippen LogP contribution in [0.15, 0.2) is 12.4 Å². The molecule has 0 spiro atoms. The molecular weight excluding hydrogens is 312 g/mol. The molecule has 1 aliphatic rings. The number of carbonyl (C=O) groups excluding carboxylic acids is 2. The monoisotopic (exact) mass is 336 g/mol. The predicted octanol–water partition coefficient (Wildman–Crippen LogP) is 0.633. The van der Waals surface area contributed by atoms with Crippen molar-refractivity contribution in [2.24, 2.45) is 0 Å². The van der Waals surface area contributed by atoms with E-state index < -0.39 is 5.60 Å². The Morgan fingerprint density at radius 1 is 1.33 bits per heavy atom. The minimum atomic E-state index is -0.492. The highest BCUT2D eigenvalue weighted by molar-refractivity contribution is 5.93. The second-order valence-electron chi connectivity index (χ2n) is 5.85. The van der Waals surface area contributed by atoms with Gasteiger partial charge in [0.25, 0.3) is 5.91 Å². The summed E-state index contributed by atoms with van der Waals surface area (Å²) in [5.41, 5.74) is -0.0812. The summed E-state index contributed by atoms with van der Waals surface area (Å²) in [6, 6.07) is 0.224. The zero-order valence-electron chi connectivity index (χ0n) is 14.4. The van der Waals surface area contributed by atoms with Gasteiger partial charge in [0.1, 0.15) is 0 Å². The number of rotatable bonds is 6. The summed E-state index contributed by atoms with van der Waals surface area (Å²) in [7, 11) is 4.72. The predicted molar refractivity (Wildman–Crippen MR) is 86.8 cm³/mol. The number of ether oxygens (including phenoxy) is 2. The molecule has 0 unspecified atom stereocenters. The Morgan fingerprint density at radius 3 is 2.62 bits per heavy atom. The van der Waals surface area contributed by atoms with Gasteiger partial charge in [-0.2, -0.15) is 0 Å². The topological polar surface area (TPSA) is 93.7 Å². The van der Waals surface area contributed by atoms with Crippen LogP contribution in [0.25, 0.3) is 0 Å². The second-order valence-corrected chi connectivity index (χ2v) is 5.85. The number of piperidine rings is 1. The Morgan fingerprint density at radius 2 is 2.04 bits per heavy atom. The standard InChI is InChI=1S/C16H24N4O4/c1-17-13(21)5-7-16(24-3)6-4-8-20(11-16)14(22)12-9-18-15(23-2)19-10-12/h9-10H,4-8,11H2,1-3H3,(H,17,21)/t16-/m0/s1. The number of amides is 2. The third-order valence-electron chi connectivity index (χ3n) is 4.40. The lowest BCUT2D eigenvalue weighted by molar-refractivity contribution is -0.123. The summed E-state index contributed by atoms with van der Waals surface area (Å²) < 4.78 is 10.6. The van der Waals surface area contributed by atoms with E-state index in [9.17, 15) is 9.59 Å². The fraction of sp³-hybridized carbons (Fsp3) is 0.625. The van der Waals surface area contributed by atoms with Crippen LogP contribution in [0.3, 0.4) is 0 Å². The summed E-state index contributed by atoms with van der Waals surface area (Å²) in [6.45, 7) is 1.10. The Kier molecular flexibility index (Phi) is 6.08. The molecule has 0 saturated carbocycles. The zero-order chi connectivity index (χ0) is 17.6. The molecule has 2 rings (SSSR count). The fourth-order valence-corrected chi connectivity index (χ4v) is 2.93. The number of nitrogens with one attached hydrogen (secondary N) is 1. The van der Waals surface area contributed by atoms with Crippen molar-refractivity contribution in [3.63, 3.8) is 0 Å². The average Bonchev–Trinajstić information content (AvgIpc) is 2.65. The number of nitrogens with zero attached hydrogens (tertiary/aromatic N) is 3. The third kappa shape index (κ3) is 4.19. The van der Waals surface area contributed by atoms with Crippen molar-refractivity contribution in [2.75, 3.05) is 34.4 Å². The lowest BCUT2D eigenvalue weighted by Gasteiger charge is -2.42. The van der Waals surface area contributed by atoms with Crippen molar-refractivity contribution in [3.05, 3.63) is 18.0 Å². The van der Waals surface area contributed by atoms with Gasteiger partial charge < -0.3 is 19.7 Å². The van der Waals surface area contributed by atoms with Crippen LogP contribution < -0.4 is 10.1 Å². The van der Waals surface area contributed by atoms with E-state index in [0.29, 0.717) is 31.5 Å². The summed E-state index contributed by atoms with van der Waals surface area (Å²) in [6.07, 6.45) is 5.52. The Bertz CT molecular complexity index is 578. The highest BCUT2D eigenvalue weighted by Gasteiger charge is 2.37. The van der Waals surface area contributed by atoms with Crippen LogP contribution >= 0.6 is 0 Å². The molecule has 1 fully saturated rings. The number of hydrogen-bond donors (Lipinski definition) is 1. The molecule has 1 saturated heterocycles. The van der Waals surface area contributed by atoms with Gasteiger partial charge in [-0.25, -0.2) is 9.97 Å². The van der Waals surface area contributed by atoms with Gasteiger partial charge in [0.05, 0.1) is 18.3 Å². The van der Waals surface area contributed by atoms with Crippen LogP contribution in [0.2, 0.25) is 0 Å². The number of likely N-dealkylation sites (tertiary alicyclic amines) is 1. The first-order valence-corrected chi connectivity index (χ1v) is 7.94. The molecule has 24 heavy (non-hydrogen) atoms. The Hall–Kier alpha value is -2.22. The van der Waals surface area contributed by atoms with Gasteiger partial charge in [-0.1, -0.05) is 0 Å². The minimum Gasteiger partial charge on any atom is -0.467 e. The van der Waals surface area contributed by atoms with Crippen molar-refractivity contribution < 1.29 is 19.1 Å². The largest absolute Gasteiger partial charge is 0.467 e. The highest BCUT2D eigenvalue weighted by atomic mass is 16.5. The first-order valence-electron chi connectivity index (χ1n) is 7.94. The van der Waals surface area contributed by atoms with E-state index in [1.807, 2.05) is 0 Å². The molecule has 1 aliphatic heterocycles. The smallest absolute Gasteiger partial charge is 0.316 e. The minimum absolute atomic E-state index is 0.0292. The van der Waals surface area contributed by atoms with Crippen molar-refractivity contribution in [1.29, 1.82) is 0 Å². The van der Waals surface area contributed by atoms with Crippen molar-refractivity contribution in [3.8, 4) is 6.01 Å². The summed E-state index contributed by atoms with van der Waals surface area (Å²) >= 11 is 0. The van der Waals surface area contributed by atoms with Gasteiger partial charge in [-0.3, -0.25) is 9.59 Å². The van der Waals surface area contributed by atoms with Crippen LogP contribution in [-0.4, -0.2) is 66.6 Å². The number of aromatic nitrogens is 2. The van der Waals surface area contributed by atoms with Crippen LogP contribution in [0.5, 0.6) is 6.01 Å². The normalized spacial score (nSPS) is 20.5. The molecule has 0 radical (unpaired) electrons. The maximum absolute atomic E-state index is 12.7. The molecule has 132 valence electrons. The SMILES string of the molecule is CNC(=O)CC[C@@]1(OC)CCCN(C(=O)c2cnc(OC)nc2)C1. The van der Waals surface area contributed by atoms with E-state index in [1.165, 1.54) is 19.5 Å². The molecule has 0 aromatic carbocycles. The van der Waals surface area contributed by atoms with Gasteiger partial charge >= 0.3 is 6.01 Å². The molecule has 8 heteroatoms. The first kappa shape index (κ1) is 18.1. The lowest BCUT2D eigenvalue weighted by atomic mass is 9.87. The van der Waals surface area contributed by atoms with Crippen molar-refractivity contribution in [1.82, 2.24) is 20.2 Å². The quantitative estimate of drug-likeness (QED) is 0.819. The van der Waals surface area contributed by atoms with Crippen LogP contribution in [0, 0.1) is 0 Å². The maximum atomic E-state index is 12.7. The molecule has 1 atom stereocenters. The molecule has 8 nitrogen and oxygen atoms in total. The number of hydrogen-bond acceptors (Lipinski definition) is 6. The van der Waals surface area contributed by atoms with Crippen molar-refractivity contribution >= 4 is 11.8 Å². The molecule has 0 bridgehead atoms.